The summed E-state index contributed by atoms with van der Waals surface area (Å²) in [6.45, 7) is 5.50. The molecule has 0 aliphatic carbocycles. The summed E-state index contributed by atoms with van der Waals surface area (Å²) in [7, 11) is 1.94. The van der Waals surface area contributed by atoms with Crippen LogP contribution in [0.4, 0.5) is 5.82 Å². The molecule has 1 unspecified atom stereocenters. The molecule has 5 heteroatoms. The van der Waals surface area contributed by atoms with Crippen molar-refractivity contribution in [3.63, 3.8) is 0 Å². The van der Waals surface area contributed by atoms with Gasteiger partial charge in [0, 0.05) is 38.4 Å². The highest BCUT2D eigenvalue weighted by Crippen LogP contribution is 2.26. The number of nitrogens with one attached hydrogen (secondary N) is 1. The van der Waals surface area contributed by atoms with Gasteiger partial charge in [0.15, 0.2) is 0 Å². The van der Waals surface area contributed by atoms with E-state index in [4.69, 9.17) is 11.6 Å². The molecule has 20 heavy (non-hydrogen) atoms. The molecule has 0 radical (unpaired) electrons. The number of fused-ring (bicyclic) bond motifs is 1. The fourth-order valence-electron chi connectivity index (χ4n) is 3.38. The monoisotopic (exact) mass is 294 g/mol. The van der Waals surface area contributed by atoms with Crippen LogP contribution in [-0.4, -0.2) is 49.2 Å². The molecule has 0 bridgehead atoms. The van der Waals surface area contributed by atoms with Crippen LogP contribution in [-0.2, 0) is 6.54 Å². The summed E-state index contributed by atoms with van der Waals surface area (Å²) in [5.74, 6) is 1.08. The minimum absolute atomic E-state index is 0.711. The molecule has 4 nitrogen and oxygen atoms in total. The zero-order valence-electron chi connectivity index (χ0n) is 12.1. The van der Waals surface area contributed by atoms with Gasteiger partial charge in [-0.05, 0) is 44.5 Å². The maximum atomic E-state index is 6.21. The summed E-state index contributed by atoms with van der Waals surface area (Å²) < 4.78 is 0. The highest BCUT2D eigenvalue weighted by atomic mass is 35.5. The van der Waals surface area contributed by atoms with Crippen molar-refractivity contribution in [3.8, 4) is 0 Å². The van der Waals surface area contributed by atoms with E-state index < -0.39 is 0 Å². The predicted molar refractivity (Wildman–Crippen MR) is 83.4 cm³/mol. The molecule has 1 aromatic heterocycles. The van der Waals surface area contributed by atoms with Crippen molar-refractivity contribution in [3.05, 3.63) is 22.8 Å². The lowest BCUT2D eigenvalue weighted by Crippen LogP contribution is -2.37. The molecule has 2 aliphatic heterocycles. The van der Waals surface area contributed by atoms with Crippen molar-refractivity contribution in [2.24, 2.45) is 0 Å². The summed E-state index contributed by atoms with van der Waals surface area (Å²) >= 11 is 6.21. The lowest BCUT2D eigenvalue weighted by atomic mass is 10.2. The first kappa shape index (κ1) is 14.1. The first-order valence-corrected chi connectivity index (χ1v) is 7.94. The molecule has 2 saturated heterocycles. The van der Waals surface area contributed by atoms with E-state index in [9.17, 15) is 0 Å². The quantitative estimate of drug-likeness (QED) is 0.925. The Labute approximate surface area is 126 Å². The number of anilines is 1. The Kier molecular flexibility index (Phi) is 4.44. The van der Waals surface area contributed by atoms with Crippen LogP contribution >= 0.6 is 11.6 Å². The van der Waals surface area contributed by atoms with Crippen molar-refractivity contribution >= 4 is 17.4 Å². The number of nitrogens with zero attached hydrogens (tertiary/aromatic N) is 3. The van der Waals surface area contributed by atoms with Crippen LogP contribution in [0, 0.1) is 0 Å². The van der Waals surface area contributed by atoms with Crippen LogP contribution in [0.2, 0.25) is 5.02 Å². The topological polar surface area (TPSA) is 31.4 Å². The van der Waals surface area contributed by atoms with E-state index in [1.54, 1.807) is 6.20 Å². The average Bonchev–Trinajstić information content (AvgIpc) is 2.79. The molecule has 2 fully saturated rings. The number of hydrogen-bond acceptors (Lipinski definition) is 4. The van der Waals surface area contributed by atoms with Gasteiger partial charge in [-0.3, -0.25) is 4.90 Å². The lowest BCUT2D eigenvalue weighted by molar-refractivity contribution is 0.273. The van der Waals surface area contributed by atoms with Crippen molar-refractivity contribution in [2.75, 3.05) is 38.1 Å². The molecule has 0 amide bonds. The van der Waals surface area contributed by atoms with Gasteiger partial charge in [0.1, 0.15) is 5.82 Å². The first-order chi connectivity index (χ1) is 9.78. The SMILES string of the molecule is CNCc1cc(N2CCCN3CCCC3C2)ncc1Cl. The summed E-state index contributed by atoms with van der Waals surface area (Å²) in [6.07, 6.45) is 5.69. The Morgan fingerprint density at radius 3 is 3.05 bits per heavy atom. The second-order valence-electron chi connectivity index (χ2n) is 5.80. The Bertz CT molecular complexity index is 465. The minimum Gasteiger partial charge on any atom is -0.355 e. The number of halogens is 1. The van der Waals surface area contributed by atoms with E-state index in [1.165, 1.54) is 32.4 Å². The number of aromatic nitrogens is 1. The molecule has 1 aromatic rings. The third-order valence-electron chi connectivity index (χ3n) is 4.42. The predicted octanol–water partition coefficient (Wildman–Crippen LogP) is 2.13. The Balaban J connectivity index is 1.79. The lowest BCUT2D eigenvalue weighted by Gasteiger charge is -2.26. The van der Waals surface area contributed by atoms with Crippen molar-refractivity contribution in [1.82, 2.24) is 15.2 Å². The second-order valence-corrected chi connectivity index (χ2v) is 6.20. The van der Waals surface area contributed by atoms with Gasteiger partial charge in [-0.1, -0.05) is 11.6 Å². The zero-order valence-corrected chi connectivity index (χ0v) is 12.9. The van der Waals surface area contributed by atoms with Gasteiger partial charge >= 0.3 is 0 Å². The third kappa shape index (κ3) is 2.92. The van der Waals surface area contributed by atoms with Crippen LogP contribution < -0.4 is 10.2 Å². The average molecular weight is 295 g/mol. The fraction of sp³-hybridized carbons (Fsp3) is 0.667. The first-order valence-electron chi connectivity index (χ1n) is 7.56. The molecule has 110 valence electrons. The normalized spacial score (nSPS) is 23.7. The van der Waals surface area contributed by atoms with E-state index >= 15 is 0 Å². The van der Waals surface area contributed by atoms with E-state index in [2.05, 4.69) is 26.2 Å². The van der Waals surface area contributed by atoms with Crippen molar-refractivity contribution in [2.45, 2.75) is 31.8 Å². The van der Waals surface area contributed by atoms with Crippen molar-refractivity contribution in [1.29, 1.82) is 0 Å². The fourth-order valence-corrected chi connectivity index (χ4v) is 3.55. The Morgan fingerprint density at radius 2 is 2.20 bits per heavy atom. The molecule has 3 rings (SSSR count). The van der Waals surface area contributed by atoms with E-state index in [-0.39, 0.29) is 0 Å². The van der Waals surface area contributed by atoms with Crippen LogP contribution in [0.3, 0.4) is 0 Å². The van der Waals surface area contributed by atoms with Gasteiger partial charge in [-0.2, -0.15) is 0 Å². The highest BCUT2D eigenvalue weighted by Gasteiger charge is 2.29. The minimum atomic E-state index is 0.711. The molecule has 1 N–H and O–H groups in total. The van der Waals surface area contributed by atoms with E-state index in [1.807, 2.05) is 7.05 Å². The summed E-state index contributed by atoms with van der Waals surface area (Å²) in [5, 5.41) is 3.92. The second kappa shape index (κ2) is 6.29. The molecule has 1 atom stereocenters. The molecular weight excluding hydrogens is 272 g/mol. The van der Waals surface area contributed by atoms with Crippen LogP contribution in [0.15, 0.2) is 12.3 Å². The standard InChI is InChI=1S/C15H23ClN4/c1-17-9-12-8-15(18-10-14(12)16)20-7-3-6-19-5-2-4-13(19)11-20/h8,10,13,17H,2-7,9,11H2,1H3. The van der Waals surface area contributed by atoms with Gasteiger partial charge < -0.3 is 10.2 Å². The summed E-state index contributed by atoms with van der Waals surface area (Å²) in [6, 6.07) is 2.85. The summed E-state index contributed by atoms with van der Waals surface area (Å²) in [4.78, 5) is 9.63. The van der Waals surface area contributed by atoms with E-state index in [0.717, 1.165) is 36.0 Å². The Hall–Kier alpha value is -0.840. The van der Waals surface area contributed by atoms with Gasteiger partial charge in [-0.15, -0.1) is 0 Å². The highest BCUT2D eigenvalue weighted by molar-refractivity contribution is 6.31. The Morgan fingerprint density at radius 1 is 1.35 bits per heavy atom. The number of rotatable bonds is 3. The van der Waals surface area contributed by atoms with E-state index in [0.29, 0.717) is 6.04 Å². The van der Waals surface area contributed by atoms with Crippen LogP contribution in [0.1, 0.15) is 24.8 Å². The molecule has 0 spiro atoms. The van der Waals surface area contributed by atoms with Gasteiger partial charge in [-0.25, -0.2) is 4.98 Å². The van der Waals surface area contributed by atoms with Gasteiger partial charge in [0.25, 0.3) is 0 Å². The maximum absolute atomic E-state index is 6.21. The van der Waals surface area contributed by atoms with Gasteiger partial charge in [0.2, 0.25) is 0 Å². The van der Waals surface area contributed by atoms with Crippen LogP contribution in [0.25, 0.3) is 0 Å². The third-order valence-corrected chi connectivity index (χ3v) is 4.76. The van der Waals surface area contributed by atoms with Crippen LogP contribution in [0.5, 0.6) is 0 Å². The zero-order chi connectivity index (χ0) is 13.9. The largest absolute Gasteiger partial charge is 0.355 e. The number of pyridine rings is 1. The molecular formula is C15H23ClN4. The van der Waals surface area contributed by atoms with Gasteiger partial charge in [0.05, 0.1) is 5.02 Å². The number of hydrogen-bond donors (Lipinski definition) is 1. The maximum Gasteiger partial charge on any atom is 0.128 e. The summed E-state index contributed by atoms with van der Waals surface area (Å²) in [5.41, 5.74) is 1.13. The van der Waals surface area contributed by atoms with Crippen molar-refractivity contribution < 1.29 is 0 Å². The molecule has 0 aromatic carbocycles. The molecule has 2 aliphatic rings. The molecule has 3 heterocycles. The smallest absolute Gasteiger partial charge is 0.128 e. The molecule has 0 saturated carbocycles.